The van der Waals surface area contributed by atoms with Crippen molar-refractivity contribution in [3.05, 3.63) is 68.8 Å². The van der Waals surface area contributed by atoms with Crippen molar-refractivity contribution in [3.63, 3.8) is 0 Å². The summed E-state index contributed by atoms with van der Waals surface area (Å²) in [4.78, 5) is 11.8. The van der Waals surface area contributed by atoms with Gasteiger partial charge in [-0.1, -0.05) is 18.2 Å². The van der Waals surface area contributed by atoms with Crippen molar-refractivity contribution in [3.8, 4) is 0 Å². The largest absolute Gasteiger partial charge is 0.460 e. The van der Waals surface area contributed by atoms with Crippen molar-refractivity contribution in [1.29, 1.82) is 0 Å². The summed E-state index contributed by atoms with van der Waals surface area (Å²) in [7, 11) is 4.52. The van der Waals surface area contributed by atoms with E-state index in [0.29, 0.717) is 5.58 Å². The third-order valence-electron chi connectivity index (χ3n) is 5.49. The minimum Gasteiger partial charge on any atom is -0.460 e. The Balaban J connectivity index is 1.83. The van der Waals surface area contributed by atoms with E-state index in [1.165, 1.54) is 11.1 Å². The summed E-state index contributed by atoms with van der Waals surface area (Å²) in [5.41, 5.74) is 5.66. The van der Waals surface area contributed by atoms with Crippen LogP contribution in [-0.2, 0) is 6.54 Å². The molecule has 0 saturated heterocycles. The fourth-order valence-corrected chi connectivity index (χ4v) is 4.19. The van der Waals surface area contributed by atoms with E-state index in [0.717, 1.165) is 57.2 Å². The van der Waals surface area contributed by atoms with Crippen LogP contribution in [0.2, 0.25) is 0 Å². The summed E-state index contributed by atoms with van der Waals surface area (Å²) in [6.07, 6.45) is 7.62. The first kappa shape index (κ1) is 17.8. The van der Waals surface area contributed by atoms with E-state index in [4.69, 9.17) is 8.83 Å². The molecule has 1 aromatic carbocycles. The zero-order valence-electron chi connectivity index (χ0n) is 16.7. The third kappa shape index (κ3) is 3.15. The van der Waals surface area contributed by atoms with E-state index >= 15 is 0 Å². The van der Waals surface area contributed by atoms with Gasteiger partial charge in [-0.3, -0.25) is 0 Å². The Hall–Kier alpha value is -2.59. The van der Waals surface area contributed by atoms with Crippen LogP contribution in [-0.4, -0.2) is 25.1 Å². The van der Waals surface area contributed by atoms with Gasteiger partial charge in [-0.25, -0.2) is 4.79 Å². The first-order valence-corrected chi connectivity index (χ1v) is 9.38. The lowest BCUT2D eigenvalue weighted by molar-refractivity contribution is -0.899. The zero-order chi connectivity index (χ0) is 19.3. The number of hydrogen-bond acceptors (Lipinski definition) is 3. The van der Waals surface area contributed by atoms with E-state index in [9.17, 15) is 4.79 Å². The summed E-state index contributed by atoms with van der Waals surface area (Å²) in [5.74, 6) is 0.938. The first-order valence-electron chi connectivity index (χ1n) is 9.38. The van der Waals surface area contributed by atoms with Crippen LogP contribution in [0, 0.1) is 20.8 Å². The Bertz CT molecular complexity index is 1170. The van der Waals surface area contributed by atoms with Gasteiger partial charge in [-0.15, -0.1) is 0 Å². The average molecular weight is 364 g/mol. The predicted octanol–water partition coefficient (Wildman–Crippen LogP) is 4.93. The fraction of sp³-hybridized carbons (Fsp3) is 0.348. The lowest BCUT2D eigenvalue weighted by Crippen LogP contribution is -2.40. The van der Waals surface area contributed by atoms with Crippen molar-refractivity contribution in [1.82, 2.24) is 0 Å². The van der Waals surface area contributed by atoms with Crippen molar-refractivity contribution >= 4 is 21.9 Å². The number of nitrogens with zero attached hydrogens (tertiary/aromatic N) is 1. The number of hydrogen-bond donors (Lipinski definition) is 0. The van der Waals surface area contributed by atoms with Crippen LogP contribution in [0.15, 0.2) is 49.6 Å². The Kier molecular flexibility index (Phi) is 4.11. The highest BCUT2D eigenvalue weighted by molar-refractivity contribution is 5.99. The highest BCUT2D eigenvalue weighted by atomic mass is 16.4. The standard InChI is InChI=1S/C23H26NO3/c1-14-10-21(25)27-22-15(2)23-19(11-18(14)22)20(16(3)26-23)13-24(4,5)12-17-8-6-7-9-17/h6-8,10-11H,9,12-13H2,1-5H3/q+1. The van der Waals surface area contributed by atoms with E-state index in [2.05, 4.69) is 38.4 Å². The Morgan fingerprint density at radius 2 is 1.74 bits per heavy atom. The number of aryl methyl sites for hydroxylation is 3. The SMILES string of the molecule is Cc1oc2c(C)c3oc(=O)cc(C)c3cc2c1C[N+](C)(C)CC1=CC=CC1. The second-order valence-electron chi connectivity index (χ2n) is 8.35. The molecule has 0 atom stereocenters. The van der Waals surface area contributed by atoms with Gasteiger partial charge in [0, 0.05) is 22.4 Å². The maximum Gasteiger partial charge on any atom is 0.336 e. The lowest BCUT2D eigenvalue weighted by Gasteiger charge is -2.30. The molecule has 1 aliphatic rings. The predicted molar refractivity (Wildman–Crippen MR) is 109 cm³/mol. The van der Waals surface area contributed by atoms with Crippen molar-refractivity contribution in [2.75, 3.05) is 20.6 Å². The number of benzene rings is 1. The minimum absolute atomic E-state index is 0.317. The molecule has 0 N–H and O–H groups in total. The topological polar surface area (TPSA) is 43.4 Å². The van der Waals surface area contributed by atoms with Crippen molar-refractivity contribution in [2.24, 2.45) is 0 Å². The molecule has 0 amide bonds. The lowest BCUT2D eigenvalue weighted by atomic mass is 10.0. The molecular weight excluding hydrogens is 338 g/mol. The number of fused-ring (bicyclic) bond motifs is 2. The molecule has 3 aromatic rings. The maximum atomic E-state index is 11.8. The monoisotopic (exact) mass is 364 g/mol. The number of furan rings is 1. The van der Waals surface area contributed by atoms with Crippen LogP contribution in [0.5, 0.6) is 0 Å². The van der Waals surface area contributed by atoms with Crippen LogP contribution < -0.4 is 5.63 Å². The Labute approximate surface area is 159 Å². The molecule has 140 valence electrons. The quantitative estimate of drug-likeness (QED) is 0.487. The summed E-state index contributed by atoms with van der Waals surface area (Å²) in [5, 5.41) is 2.11. The zero-order valence-corrected chi connectivity index (χ0v) is 16.7. The Morgan fingerprint density at radius 1 is 1.00 bits per heavy atom. The van der Waals surface area contributed by atoms with E-state index in [1.807, 2.05) is 20.8 Å². The molecule has 0 fully saturated rings. The fourth-order valence-electron chi connectivity index (χ4n) is 4.19. The van der Waals surface area contributed by atoms with Crippen LogP contribution >= 0.6 is 0 Å². The molecule has 0 radical (unpaired) electrons. The van der Waals surface area contributed by atoms with Crippen molar-refractivity contribution in [2.45, 2.75) is 33.7 Å². The third-order valence-corrected chi connectivity index (χ3v) is 5.49. The van der Waals surface area contributed by atoms with E-state index < -0.39 is 0 Å². The molecule has 2 aromatic heterocycles. The highest BCUT2D eigenvalue weighted by Crippen LogP contribution is 2.35. The molecule has 0 unspecified atom stereocenters. The van der Waals surface area contributed by atoms with Gasteiger partial charge in [0.15, 0.2) is 0 Å². The first-order chi connectivity index (χ1) is 12.7. The van der Waals surface area contributed by atoms with Gasteiger partial charge in [-0.2, -0.15) is 0 Å². The summed E-state index contributed by atoms with van der Waals surface area (Å²) >= 11 is 0. The summed E-state index contributed by atoms with van der Waals surface area (Å²) in [6, 6.07) is 3.68. The average Bonchev–Trinajstić information content (AvgIpc) is 3.18. The second-order valence-corrected chi connectivity index (χ2v) is 8.35. The van der Waals surface area contributed by atoms with Gasteiger partial charge in [-0.05, 0) is 44.4 Å². The number of likely N-dealkylation sites (N-methyl/N-ethyl adjacent to an activating group) is 1. The molecule has 2 heterocycles. The summed E-state index contributed by atoms with van der Waals surface area (Å²) in [6.45, 7) is 7.85. The molecule has 27 heavy (non-hydrogen) atoms. The Morgan fingerprint density at radius 3 is 2.44 bits per heavy atom. The maximum absolute atomic E-state index is 11.8. The smallest absolute Gasteiger partial charge is 0.336 e. The molecule has 0 spiro atoms. The molecule has 4 heteroatoms. The molecule has 0 aliphatic heterocycles. The van der Waals surface area contributed by atoms with Gasteiger partial charge in [0.05, 0.1) is 19.7 Å². The molecule has 0 saturated carbocycles. The van der Waals surface area contributed by atoms with Crippen LogP contribution in [0.1, 0.15) is 28.9 Å². The highest BCUT2D eigenvalue weighted by Gasteiger charge is 2.25. The van der Waals surface area contributed by atoms with Gasteiger partial charge < -0.3 is 13.3 Å². The minimum atomic E-state index is -0.317. The van der Waals surface area contributed by atoms with Crippen LogP contribution in [0.4, 0.5) is 0 Å². The molecule has 4 rings (SSSR count). The number of allylic oxidation sites excluding steroid dienone is 3. The molecule has 4 nitrogen and oxygen atoms in total. The van der Waals surface area contributed by atoms with E-state index in [-0.39, 0.29) is 5.63 Å². The van der Waals surface area contributed by atoms with Gasteiger partial charge in [0.25, 0.3) is 0 Å². The van der Waals surface area contributed by atoms with Gasteiger partial charge >= 0.3 is 5.63 Å². The number of rotatable bonds is 4. The van der Waals surface area contributed by atoms with Gasteiger partial charge in [0.1, 0.15) is 30.0 Å². The number of quaternary nitrogens is 1. The van der Waals surface area contributed by atoms with Crippen LogP contribution in [0.25, 0.3) is 21.9 Å². The normalized spacial score (nSPS) is 14.5. The molecular formula is C23H26NO3+. The van der Waals surface area contributed by atoms with Gasteiger partial charge in [0.2, 0.25) is 0 Å². The second kappa shape index (κ2) is 6.24. The molecule has 0 bridgehead atoms. The van der Waals surface area contributed by atoms with Crippen LogP contribution in [0.3, 0.4) is 0 Å². The summed E-state index contributed by atoms with van der Waals surface area (Å²) < 4.78 is 12.5. The van der Waals surface area contributed by atoms with E-state index in [1.54, 1.807) is 6.07 Å². The molecule has 1 aliphatic carbocycles. The van der Waals surface area contributed by atoms with Crippen molar-refractivity contribution < 1.29 is 13.3 Å².